The lowest BCUT2D eigenvalue weighted by Crippen LogP contribution is -2.20. The fourth-order valence-corrected chi connectivity index (χ4v) is 2.83. The average molecular weight is 312 g/mol. The number of carboxylic acid groups (broad SMARTS) is 1. The van der Waals surface area contributed by atoms with Crippen molar-refractivity contribution in [3.05, 3.63) is 28.2 Å². The number of carbonyl (C=O) groups is 1. The maximum atomic E-state index is 11.2. The SMILES string of the molecule is O=C(O)c1ccc(Br)cc1NC1CCCCCC1. The Morgan fingerprint density at radius 3 is 2.50 bits per heavy atom. The van der Waals surface area contributed by atoms with Crippen LogP contribution in [0, 0.1) is 0 Å². The van der Waals surface area contributed by atoms with Crippen molar-refractivity contribution in [1.29, 1.82) is 0 Å². The van der Waals surface area contributed by atoms with Crippen molar-refractivity contribution in [2.45, 2.75) is 44.6 Å². The first kappa shape index (κ1) is 13.4. The molecule has 0 bridgehead atoms. The standard InChI is InChI=1S/C14H18BrNO2/c15-10-7-8-12(14(17)18)13(9-10)16-11-5-3-1-2-4-6-11/h7-9,11,16H,1-6H2,(H,17,18). The second-order valence-corrected chi connectivity index (χ2v) is 5.74. The van der Waals surface area contributed by atoms with Crippen LogP contribution >= 0.6 is 15.9 Å². The maximum absolute atomic E-state index is 11.2. The van der Waals surface area contributed by atoms with Crippen molar-refractivity contribution in [2.75, 3.05) is 5.32 Å². The Morgan fingerprint density at radius 2 is 1.89 bits per heavy atom. The zero-order valence-electron chi connectivity index (χ0n) is 10.3. The van der Waals surface area contributed by atoms with Crippen LogP contribution in [0.25, 0.3) is 0 Å². The van der Waals surface area contributed by atoms with Gasteiger partial charge in [-0.05, 0) is 31.0 Å². The van der Waals surface area contributed by atoms with Gasteiger partial charge in [0.25, 0.3) is 0 Å². The fraction of sp³-hybridized carbons (Fsp3) is 0.500. The first-order chi connectivity index (χ1) is 8.66. The van der Waals surface area contributed by atoms with Crippen LogP contribution in [0.4, 0.5) is 5.69 Å². The minimum absolute atomic E-state index is 0.349. The van der Waals surface area contributed by atoms with Gasteiger partial charge in [-0.1, -0.05) is 41.6 Å². The molecule has 1 aliphatic carbocycles. The van der Waals surface area contributed by atoms with Crippen LogP contribution < -0.4 is 5.32 Å². The minimum atomic E-state index is -0.876. The van der Waals surface area contributed by atoms with Crippen LogP contribution in [0.1, 0.15) is 48.9 Å². The summed E-state index contributed by atoms with van der Waals surface area (Å²) in [4.78, 5) is 11.2. The molecule has 0 saturated heterocycles. The number of carboxylic acids is 1. The third-order valence-corrected chi connectivity index (χ3v) is 3.92. The molecule has 4 heteroatoms. The highest BCUT2D eigenvalue weighted by molar-refractivity contribution is 9.10. The molecule has 1 saturated carbocycles. The number of nitrogens with one attached hydrogen (secondary N) is 1. The van der Waals surface area contributed by atoms with Crippen molar-refractivity contribution in [3.8, 4) is 0 Å². The second kappa shape index (κ2) is 6.23. The van der Waals surface area contributed by atoms with Crippen LogP contribution in [-0.4, -0.2) is 17.1 Å². The van der Waals surface area contributed by atoms with E-state index in [1.807, 2.05) is 6.07 Å². The minimum Gasteiger partial charge on any atom is -0.478 e. The molecule has 98 valence electrons. The largest absolute Gasteiger partial charge is 0.478 e. The monoisotopic (exact) mass is 311 g/mol. The molecule has 0 radical (unpaired) electrons. The maximum Gasteiger partial charge on any atom is 0.337 e. The smallest absolute Gasteiger partial charge is 0.337 e. The molecule has 1 aromatic carbocycles. The van der Waals surface area contributed by atoms with E-state index in [9.17, 15) is 9.90 Å². The highest BCUT2D eigenvalue weighted by Gasteiger charge is 2.16. The van der Waals surface area contributed by atoms with E-state index < -0.39 is 5.97 Å². The summed E-state index contributed by atoms with van der Waals surface area (Å²) in [6.45, 7) is 0. The topological polar surface area (TPSA) is 49.3 Å². The zero-order valence-corrected chi connectivity index (χ0v) is 11.9. The van der Waals surface area contributed by atoms with E-state index in [0.717, 1.165) is 23.0 Å². The van der Waals surface area contributed by atoms with Crippen molar-refractivity contribution >= 4 is 27.6 Å². The average Bonchev–Trinajstić information content (AvgIpc) is 2.57. The molecule has 2 N–H and O–H groups in total. The molecule has 1 fully saturated rings. The molecule has 1 aliphatic rings. The molecule has 0 spiro atoms. The summed E-state index contributed by atoms with van der Waals surface area (Å²) in [5, 5.41) is 12.6. The fourth-order valence-electron chi connectivity index (χ4n) is 2.47. The highest BCUT2D eigenvalue weighted by atomic mass is 79.9. The molecule has 0 amide bonds. The molecule has 18 heavy (non-hydrogen) atoms. The van der Waals surface area contributed by atoms with E-state index >= 15 is 0 Å². The van der Waals surface area contributed by atoms with Crippen LogP contribution in [0.15, 0.2) is 22.7 Å². The molecular weight excluding hydrogens is 294 g/mol. The van der Waals surface area contributed by atoms with Crippen LogP contribution in [0.3, 0.4) is 0 Å². The first-order valence-corrected chi connectivity index (χ1v) is 7.25. The van der Waals surface area contributed by atoms with Crippen LogP contribution in [0.2, 0.25) is 0 Å². The Bertz CT molecular complexity index is 426. The van der Waals surface area contributed by atoms with E-state index in [2.05, 4.69) is 21.2 Å². The van der Waals surface area contributed by atoms with Gasteiger partial charge < -0.3 is 10.4 Å². The Balaban J connectivity index is 2.15. The quantitative estimate of drug-likeness (QED) is 0.819. The van der Waals surface area contributed by atoms with Gasteiger partial charge in [-0.15, -0.1) is 0 Å². The molecular formula is C14H18BrNO2. The molecule has 0 heterocycles. The van der Waals surface area contributed by atoms with Crippen molar-refractivity contribution in [1.82, 2.24) is 0 Å². The van der Waals surface area contributed by atoms with Gasteiger partial charge in [-0.3, -0.25) is 0 Å². The first-order valence-electron chi connectivity index (χ1n) is 6.46. The highest BCUT2D eigenvalue weighted by Crippen LogP contribution is 2.26. The van der Waals surface area contributed by atoms with Gasteiger partial charge in [0.15, 0.2) is 0 Å². The van der Waals surface area contributed by atoms with Crippen molar-refractivity contribution in [3.63, 3.8) is 0 Å². The number of hydrogen-bond donors (Lipinski definition) is 2. The third-order valence-electron chi connectivity index (χ3n) is 3.43. The zero-order chi connectivity index (χ0) is 13.0. The Hall–Kier alpha value is -1.03. The van der Waals surface area contributed by atoms with Crippen molar-refractivity contribution < 1.29 is 9.90 Å². The summed E-state index contributed by atoms with van der Waals surface area (Å²) < 4.78 is 0.906. The lowest BCUT2D eigenvalue weighted by Gasteiger charge is -2.19. The molecule has 2 rings (SSSR count). The van der Waals surface area contributed by atoms with E-state index in [1.54, 1.807) is 12.1 Å². The lowest BCUT2D eigenvalue weighted by molar-refractivity contribution is 0.0698. The van der Waals surface area contributed by atoms with Gasteiger partial charge in [0.2, 0.25) is 0 Å². The Morgan fingerprint density at radius 1 is 1.22 bits per heavy atom. The predicted molar refractivity (Wildman–Crippen MR) is 76.2 cm³/mol. The Kier molecular flexibility index (Phi) is 4.64. The normalized spacial score (nSPS) is 17.2. The number of hydrogen-bond acceptors (Lipinski definition) is 2. The summed E-state index contributed by atoms with van der Waals surface area (Å²) in [5.41, 5.74) is 1.08. The predicted octanol–water partition coefficient (Wildman–Crippen LogP) is 4.28. The molecule has 1 aromatic rings. The summed E-state index contributed by atoms with van der Waals surface area (Å²) in [7, 11) is 0. The number of rotatable bonds is 3. The molecule has 0 atom stereocenters. The van der Waals surface area contributed by atoms with Gasteiger partial charge in [0.1, 0.15) is 0 Å². The number of halogens is 1. The van der Waals surface area contributed by atoms with Gasteiger partial charge in [-0.2, -0.15) is 0 Å². The van der Waals surface area contributed by atoms with Crippen LogP contribution in [-0.2, 0) is 0 Å². The van der Waals surface area contributed by atoms with E-state index in [0.29, 0.717) is 11.6 Å². The van der Waals surface area contributed by atoms with Gasteiger partial charge in [0.05, 0.1) is 11.3 Å². The number of benzene rings is 1. The van der Waals surface area contributed by atoms with Gasteiger partial charge in [0, 0.05) is 10.5 Å². The summed E-state index contributed by atoms with van der Waals surface area (Å²) in [6.07, 6.45) is 7.31. The number of aromatic carboxylic acids is 1. The summed E-state index contributed by atoms with van der Waals surface area (Å²) in [5.74, 6) is -0.876. The van der Waals surface area contributed by atoms with Crippen LogP contribution in [0.5, 0.6) is 0 Å². The summed E-state index contributed by atoms with van der Waals surface area (Å²) in [6, 6.07) is 5.67. The van der Waals surface area contributed by atoms with E-state index in [-0.39, 0.29) is 0 Å². The lowest BCUT2D eigenvalue weighted by atomic mass is 10.1. The van der Waals surface area contributed by atoms with E-state index in [4.69, 9.17) is 0 Å². The summed E-state index contributed by atoms with van der Waals surface area (Å²) >= 11 is 3.39. The molecule has 0 aliphatic heterocycles. The van der Waals surface area contributed by atoms with Gasteiger partial charge in [-0.25, -0.2) is 4.79 Å². The molecule has 3 nitrogen and oxygen atoms in total. The molecule has 0 unspecified atom stereocenters. The Labute approximate surface area is 116 Å². The third kappa shape index (κ3) is 3.48. The van der Waals surface area contributed by atoms with Gasteiger partial charge >= 0.3 is 5.97 Å². The van der Waals surface area contributed by atoms with Crippen molar-refractivity contribution in [2.24, 2.45) is 0 Å². The number of anilines is 1. The second-order valence-electron chi connectivity index (χ2n) is 4.83. The molecule has 0 aromatic heterocycles. The van der Waals surface area contributed by atoms with E-state index in [1.165, 1.54) is 25.7 Å².